The van der Waals surface area contributed by atoms with Gasteiger partial charge in [-0.2, -0.15) is 0 Å². The fourth-order valence-electron chi connectivity index (χ4n) is 5.70. The van der Waals surface area contributed by atoms with Crippen LogP contribution in [0.25, 0.3) is 0 Å². The van der Waals surface area contributed by atoms with Crippen LogP contribution in [0.4, 0.5) is 0 Å². The Bertz CT molecular complexity index is 667. The molecule has 1 aromatic heterocycles. The number of pyridine rings is 1. The van der Waals surface area contributed by atoms with Gasteiger partial charge in [0.05, 0.1) is 0 Å². The van der Waals surface area contributed by atoms with E-state index in [1.807, 2.05) is 6.20 Å². The molecular formula is C26H40N2. The summed E-state index contributed by atoms with van der Waals surface area (Å²) in [6.07, 6.45) is 20.1. The lowest BCUT2D eigenvalue weighted by molar-refractivity contribution is 0.107. The highest BCUT2D eigenvalue weighted by molar-refractivity contribution is 5.24. The van der Waals surface area contributed by atoms with E-state index in [-0.39, 0.29) is 5.41 Å². The smallest absolute Gasteiger partial charge is 0.0466 e. The van der Waals surface area contributed by atoms with Gasteiger partial charge in [0, 0.05) is 23.9 Å². The van der Waals surface area contributed by atoms with Gasteiger partial charge in [-0.25, -0.2) is 0 Å². The van der Waals surface area contributed by atoms with Gasteiger partial charge < -0.3 is 5.32 Å². The van der Waals surface area contributed by atoms with E-state index in [1.54, 1.807) is 0 Å². The lowest BCUT2D eigenvalue weighted by Crippen LogP contribution is -2.41. The van der Waals surface area contributed by atoms with Crippen molar-refractivity contribution in [3.05, 3.63) is 53.4 Å². The van der Waals surface area contributed by atoms with E-state index < -0.39 is 0 Å². The Labute approximate surface area is 172 Å². The van der Waals surface area contributed by atoms with Crippen molar-refractivity contribution in [3.63, 3.8) is 0 Å². The van der Waals surface area contributed by atoms with E-state index >= 15 is 0 Å². The summed E-state index contributed by atoms with van der Waals surface area (Å²) in [5.41, 5.74) is 5.07. The molecule has 2 fully saturated rings. The molecule has 2 aliphatic carbocycles. The molecule has 0 saturated heterocycles. The maximum absolute atomic E-state index is 4.86. The van der Waals surface area contributed by atoms with Gasteiger partial charge in [-0.3, -0.25) is 4.98 Å². The Kier molecular flexibility index (Phi) is 7.51. The zero-order chi connectivity index (χ0) is 19.9. The fraction of sp³-hybridized carbons (Fsp3) is 0.654. The minimum atomic E-state index is 0.266. The zero-order valence-corrected chi connectivity index (χ0v) is 18.4. The van der Waals surface area contributed by atoms with Gasteiger partial charge in [-0.05, 0) is 88.5 Å². The van der Waals surface area contributed by atoms with Crippen molar-refractivity contribution in [1.29, 1.82) is 0 Å². The third kappa shape index (κ3) is 5.14. The minimum Gasteiger partial charge on any atom is -0.313 e. The molecule has 1 N–H and O–H groups in total. The average Bonchev–Trinajstić information content (AvgIpc) is 3.18. The summed E-state index contributed by atoms with van der Waals surface area (Å²) in [4.78, 5) is 4.86. The van der Waals surface area contributed by atoms with E-state index in [2.05, 4.69) is 56.4 Å². The number of nitrogens with zero attached hydrogens (tertiary/aromatic N) is 1. The van der Waals surface area contributed by atoms with Crippen LogP contribution < -0.4 is 5.32 Å². The summed E-state index contributed by atoms with van der Waals surface area (Å²) in [5.74, 6) is 0. The molecule has 3 rings (SSSR count). The normalized spacial score (nSPS) is 25.4. The first-order chi connectivity index (χ1) is 13.6. The van der Waals surface area contributed by atoms with Gasteiger partial charge in [0.25, 0.3) is 0 Å². The van der Waals surface area contributed by atoms with Crippen LogP contribution in [-0.4, -0.2) is 18.1 Å². The number of hydrogen-bond donors (Lipinski definition) is 1. The van der Waals surface area contributed by atoms with Crippen molar-refractivity contribution in [3.8, 4) is 0 Å². The fourth-order valence-corrected chi connectivity index (χ4v) is 5.70. The Morgan fingerprint density at radius 2 is 1.93 bits per heavy atom. The second-order valence-corrected chi connectivity index (χ2v) is 9.37. The lowest BCUT2D eigenvalue weighted by Gasteiger charge is -2.46. The summed E-state index contributed by atoms with van der Waals surface area (Å²) < 4.78 is 0. The van der Waals surface area contributed by atoms with Crippen molar-refractivity contribution in [2.24, 2.45) is 5.41 Å². The summed E-state index contributed by atoms with van der Waals surface area (Å²) >= 11 is 0. The van der Waals surface area contributed by atoms with Gasteiger partial charge in [-0.1, -0.05) is 50.0 Å². The molecule has 2 aliphatic rings. The molecule has 2 nitrogen and oxygen atoms in total. The molecular weight excluding hydrogens is 340 g/mol. The second kappa shape index (κ2) is 9.87. The van der Waals surface area contributed by atoms with Crippen molar-refractivity contribution >= 4 is 0 Å². The van der Waals surface area contributed by atoms with Gasteiger partial charge in [0.15, 0.2) is 0 Å². The largest absolute Gasteiger partial charge is 0.313 e. The molecule has 1 aromatic rings. The molecule has 0 amide bonds. The molecule has 0 radical (unpaired) electrons. The van der Waals surface area contributed by atoms with Gasteiger partial charge in [0.1, 0.15) is 0 Å². The minimum absolute atomic E-state index is 0.266. The molecule has 2 saturated carbocycles. The van der Waals surface area contributed by atoms with Crippen molar-refractivity contribution in [1.82, 2.24) is 10.3 Å². The Morgan fingerprint density at radius 1 is 1.14 bits per heavy atom. The van der Waals surface area contributed by atoms with Crippen molar-refractivity contribution in [2.45, 2.75) is 90.4 Å². The highest BCUT2D eigenvalue weighted by Gasteiger charge is 2.47. The predicted octanol–water partition coefficient (Wildman–Crippen LogP) is 6.74. The summed E-state index contributed by atoms with van der Waals surface area (Å²) in [6.45, 7) is 8.64. The van der Waals surface area contributed by atoms with Gasteiger partial charge in [0.2, 0.25) is 0 Å². The number of rotatable bonds is 8. The predicted molar refractivity (Wildman–Crippen MR) is 121 cm³/mol. The van der Waals surface area contributed by atoms with Crippen LogP contribution in [0.2, 0.25) is 0 Å². The molecule has 0 bridgehead atoms. The lowest BCUT2D eigenvalue weighted by atomic mass is 9.58. The summed E-state index contributed by atoms with van der Waals surface area (Å²) in [6, 6.07) is 6.53. The van der Waals surface area contributed by atoms with Crippen LogP contribution in [0.15, 0.2) is 47.7 Å². The van der Waals surface area contributed by atoms with Crippen LogP contribution in [0.5, 0.6) is 0 Å². The van der Waals surface area contributed by atoms with Crippen LogP contribution in [0, 0.1) is 5.41 Å². The van der Waals surface area contributed by atoms with Crippen LogP contribution in [0.3, 0.4) is 0 Å². The van der Waals surface area contributed by atoms with E-state index in [9.17, 15) is 0 Å². The second-order valence-electron chi connectivity index (χ2n) is 9.37. The quantitative estimate of drug-likeness (QED) is 0.399. The maximum atomic E-state index is 4.86. The number of nitrogens with one attached hydrogen (secondary N) is 1. The average molecular weight is 381 g/mol. The molecule has 28 heavy (non-hydrogen) atoms. The van der Waals surface area contributed by atoms with Crippen molar-refractivity contribution < 1.29 is 0 Å². The molecule has 0 aliphatic heterocycles. The van der Waals surface area contributed by atoms with E-state index in [0.29, 0.717) is 5.41 Å². The molecule has 154 valence electrons. The topological polar surface area (TPSA) is 24.9 Å². The monoisotopic (exact) mass is 380 g/mol. The summed E-state index contributed by atoms with van der Waals surface area (Å²) in [5, 5.41) is 3.75. The number of hydrogen-bond acceptors (Lipinski definition) is 2. The van der Waals surface area contributed by atoms with Crippen LogP contribution in [0.1, 0.15) is 90.7 Å². The molecule has 1 heterocycles. The first-order valence-corrected chi connectivity index (χ1v) is 11.6. The number of aromatic nitrogens is 1. The molecule has 2 heteroatoms. The van der Waals surface area contributed by atoms with Crippen LogP contribution >= 0.6 is 0 Å². The zero-order valence-electron chi connectivity index (χ0n) is 18.4. The molecule has 1 spiro atoms. The first-order valence-electron chi connectivity index (χ1n) is 11.6. The Balaban J connectivity index is 1.67. The van der Waals surface area contributed by atoms with Crippen molar-refractivity contribution in [2.75, 3.05) is 13.1 Å². The molecule has 1 unspecified atom stereocenters. The first kappa shape index (κ1) is 21.3. The Morgan fingerprint density at radius 3 is 2.61 bits per heavy atom. The molecule has 0 aromatic carbocycles. The summed E-state index contributed by atoms with van der Waals surface area (Å²) in [7, 11) is 0. The highest BCUT2D eigenvalue weighted by Crippen LogP contribution is 2.56. The standard InChI is InChI=1S/C26H40N2/c1-4-22(3)19-23(5-2)20-27-18-16-26(24-11-6-9-17-28-24)15-10-14-25(21-26)12-7-8-13-25/h5-6,9,11,17,19,27H,4,7-8,10,12-16,18,20-21H2,1-3H3/b22-19-,23-5+. The third-order valence-electron chi connectivity index (χ3n) is 7.42. The maximum Gasteiger partial charge on any atom is 0.0466 e. The van der Waals surface area contributed by atoms with Gasteiger partial charge in [-0.15, -0.1) is 0 Å². The highest BCUT2D eigenvalue weighted by atomic mass is 14.9. The Hall–Kier alpha value is -1.41. The van der Waals surface area contributed by atoms with Crippen LogP contribution in [-0.2, 0) is 5.41 Å². The van der Waals surface area contributed by atoms with Gasteiger partial charge >= 0.3 is 0 Å². The third-order valence-corrected chi connectivity index (χ3v) is 7.42. The van der Waals surface area contributed by atoms with E-state index in [4.69, 9.17) is 4.98 Å². The SMILES string of the molecule is C/C=C(\C=C(\C)CC)CNCCC1(c2ccccn2)CCCC2(CCCC2)C1. The number of allylic oxidation sites excluding steroid dienone is 2. The van der Waals surface area contributed by atoms with E-state index in [1.165, 1.54) is 74.6 Å². The molecule has 1 atom stereocenters. The van der Waals surface area contributed by atoms with E-state index in [0.717, 1.165) is 19.5 Å².